The van der Waals surface area contributed by atoms with E-state index in [2.05, 4.69) is 63.4 Å². The highest BCUT2D eigenvalue weighted by molar-refractivity contribution is 14.1. The minimum Gasteiger partial charge on any atom is -0.487 e. The fraction of sp³-hybridized carbons (Fsp3) is 0.433. The highest BCUT2D eigenvalue weighted by Gasteiger charge is 2.39. The Labute approximate surface area is 256 Å². The van der Waals surface area contributed by atoms with Gasteiger partial charge in [0.25, 0.3) is 5.91 Å². The SMILES string of the molecule is N#Cc1ccccc1COc1c(I)cc(C=C2SC(=NC3CCCCC3)N(C3CCCCC3)C2=O)cc1I. The number of halogens is 2. The summed E-state index contributed by atoms with van der Waals surface area (Å²) >= 11 is 6.15. The fourth-order valence-electron chi connectivity index (χ4n) is 5.46. The first-order valence-corrected chi connectivity index (χ1v) is 16.4. The third-order valence-electron chi connectivity index (χ3n) is 7.47. The van der Waals surface area contributed by atoms with Crippen molar-refractivity contribution in [1.29, 1.82) is 5.26 Å². The van der Waals surface area contributed by atoms with Crippen molar-refractivity contribution >= 4 is 74.1 Å². The lowest BCUT2D eigenvalue weighted by Gasteiger charge is -2.31. The number of nitriles is 1. The molecule has 2 aromatic carbocycles. The summed E-state index contributed by atoms with van der Waals surface area (Å²) in [6.07, 6.45) is 13.8. The van der Waals surface area contributed by atoms with Crippen molar-refractivity contribution in [3.63, 3.8) is 0 Å². The Bertz CT molecular complexity index is 1270. The summed E-state index contributed by atoms with van der Waals surface area (Å²) in [6, 6.07) is 14.5. The van der Waals surface area contributed by atoms with Crippen LogP contribution >= 0.6 is 56.9 Å². The van der Waals surface area contributed by atoms with Gasteiger partial charge in [-0.2, -0.15) is 5.26 Å². The molecule has 198 valence electrons. The maximum Gasteiger partial charge on any atom is 0.266 e. The first kappa shape index (κ1) is 28.0. The number of thioether (sulfide) groups is 1. The summed E-state index contributed by atoms with van der Waals surface area (Å²) in [6.45, 7) is 0.335. The number of nitrogens with zero attached hydrogens (tertiary/aromatic N) is 3. The Hall–Kier alpha value is -1.58. The third-order valence-corrected chi connectivity index (χ3v) is 10.1. The largest absolute Gasteiger partial charge is 0.487 e. The smallest absolute Gasteiger partial charge is 0.266 e. The molecule has 1 aliphatic heterocycles. The van der Waals surface area contributed by atoms with E-state index in [-0.39, 0.29) is 11.9 Å². The van der Waals surface area contributed by atoms with Crippen LogP contribution in [0.4, 0.5) is 0 Å². The number of amides is 1. The molecule has 0 N–H and O–H groups in total. The number of carbonyl (C=O) groups excluding carboxylic acids is 1. The molecular weight excluding hydrogens is 720 g/mol. The van der Waals surface area contributed by atoms with Gasteiger partial charge in [0.05, 0.1) is 29.7 Å². The van der Waals surface area contributed by atoms with E-state index < -0.39 is 0 Å². The molecule has 1 heterocycles. The molecule has 5 rings (SSSR count). The average molecular weight is 751 g/mol. The molecule has 0 atom stereocenters. The van der Waals surface area contributed by atoms with E-state index in [1.807, 2.05) is 35.2 Å². The Morgan fingerprint density at radius 3 is 2.37 bits per heavy atom. The highest BCUT2D eigenvalue weighted by Crippen LogP contribution is 2.39. The second-order valence-electron chi connectivity index (χ2n) is 10.2. The van der Waals surface area contributed by atoms with Crippen LogP contribution in [-0.4, -0.2) is 28.1 Å². The first-order chi connectivity index (χ1) is 18.5. The Morgan fingerprint density at radius 2 is 1.68 bits per heavy atom. The van der Waals surface area contributed by atoms with Gasteiger partial charge >= 0.3 is 0 Å². The third kappa shape index (κ3) is 6.58. The summed E-state index contributed by atoms with van der Waals surface area (Å²) in [7, 11) is 0. The second-order valence-corrected chi connectivity index (χ2v) is 13.5. The van der Waals surface area contributed by atoms with Crippen LogP contribution in [0.3, 0.4) is 0 Å². The van der Waals surface area contributed by atoms with Gasteiger partial charge in [-0.25, -0.2) is 0 Å². The van der Waals surface area contributed by atoms with Gasteiger partial charge in [-0.05, 0) is 112 Å². The average Bonchev–Trinajstić information content (AvgIpc) is 3.23. The molecule has 0 aromatic heterocycles. The molecule has 1 saturated heterocycles. The number of hydrogen-bond acceptors (Lipinski definition) is 5. The van der Waals surface area contributed by atoms with Gasteiger partial charge in [0.2, 0.25) is 0 Å². The van der Waals surface area contributed by atoms with E-state index in [9.17, 15) is 10.1 Å². The summed E-state index contributed by atoms with van der Waals surface area (Å²) in [5.74, 6) is 0.907. The first-order valence-electron chi connectivity index (χ1n) is 13.4. The quantitative estimate of drug-likeness (QED) is 0.220. The predicted molar refractivity (Wildman–Crippen MR) is 171 cm³/mol. The molecule has 0 radical (unpaired) electrons. The zero-order valence-corrected chi connectivity index (χ0v) is 26.4. The van der Waals surface area contributed by atoms with Crippen molar-refractivity contribution in [2.24, 2.45) is 4.99 Å². The van der Waals surface area contributed by atoms with Crippen molar-refractivity contribution in [2.75, 3.05) is 0 Å². The normalized spacial score (nSPS) is 21.3. The minimum absolute atomic E-state index is 0.106. The fourth-order valence-corrected chi connectivity index (χ4v) is 8.70. The Morgan fingerprint density at radius 1 is 1.03 bits per heavy atom. The van der Waals surface area contributed by atoms with E-state index in [1.54, 1.807) is 11.8 Å². The molecule has 1 amide bonds. The molecule has 8 heteroatoms. The zero-order valence-electron chi connectivity index (χ0n) is 21.3. The van der Waals surface area contributed by atoms with Gasteiger partial charge in [0, 0.05) is 11.6 Å². The number of rotatable bonds is 6. The van der Waals surface area contributed by atoms with E-state index in [0.717, 1.165) is 59.8 Å². The standard InChI is InChI=1S/C30H31I2N3O2S/c31-25-15-20(16-26(32)28(25)37-19-22-10-8-7-9-21(22)18-33)17-27-29(36)35(24-13-5-2-6-14-24)30(38-27)34-23-11-3-1-4-12-23/h7-10,15-17,23-24H,1-6,11-14,19H2. The molecule has 0 unspecified atom stereocenters. The van der Waals surface area contributed by atoms with Gasteiger partial charge in [-0.15, -0.1) is 0 Å². The van der Waals surface area contributed by atoms with Crippen LogP contribution in [0.2, 0.25) is 0 Å². The van der Waals surface area contributed by atoms with Crippen molar-refractivity contribution in [3.05, 3.63) is 65.1 Å². The molecule has 0 spiro atoms. The van der Waals surface area contributed by atoms with Crippen molar-refractivity contribution in [2.45, 2.75) is 82.9 Å². The molecule has 3 aliphatic rings. The topological polar surface area (TPSA) is 65.7 Å². The maximum atomic E-state index is 13.7. The Balaban J connectivity index is 1.38. The molecular formula is C30H31I2N3O2S. The summed E-state index contributed by atoms with van der Waals surface area (Å²) in [5, 5.41) is 10.3. The van der Waals surface area contributed by atoms with Gasteiger partial charge in [-0.3, -0.25) is 14.7 Å². The van der Waals surface area contributed by atoms with Crippen LogP contribution < -0.4 is 4.74 Å². The van der Waals surface area contributed by atoms with E-state index in [1.165, 1.54) is 38.5 Å². The van der Waals surface area contributed by atoms with Crippen LogP contribution in [0.1, 0.15) is 80.9 Å². The Kier molecular flexibility index (Phi) is 9.70. The minimum atomic E-state index is 0.106. The number of hydrogen-bond donors (Lipinski definition) is 0. The predicted octanol–water partition coefficient (Wildman–Crippen LogP) is 8.28. The number of amidine groups is 1. The second kappa shape index (κ2) is 13.2. The van der Waals surface area contributed by atoms with Crippen LogP contribution in [0.5, 0.6) is 5.75 Å². The molecule has 2 aliphatic carbocycles. The van der Waals surface area contributed by atoms with Crippen molar-refractivity contribution < 1.29 is 9.53 Å². The number of carbonyl (C=O) groups is 1. The number of ether oxygens (including phenoxy) is 1. The zero-order chi connectivity index (χ0) is 26.5. The van der Waals surface area contributed by atoms with Gasteiger partial charge < -0.3 is 4.74 Å². The van der Waals surface area contributed by atoms with Crippen molar-refractivity contribution in [3.8, 4) is 11.8 Å². The number of benzene rings is 2. The molecule has 5 nitrogen and oxygen atoms in total. The molecule has 0 bridgehead atoms. The van der Waals surface area contributed by atoms with Crippen LogP contribution in [-0.2, 0) is 11.4 Å². The van der Waals surface area contributed by atoms with Crippen LogP contribution in [0, 0.1) is 18.5 Å². The highest BCUT2D eigenvalue weighted by atomic mass is 127. The summed E-state index contributed by atoms with van der Waals surface area (Å²) in [5.41, 5.74) is 2.49. The maximum absolute atomic E-state index is 13.7. The van der Waals surface area contributed by atoms with E-state index in [0.29, 0.717) is 18.2 Å². The molecule has 3 fully saturated rings. The lowest BCUT2D eigenvalue weighted by atomic mass is 9.94. The van der Waals surface area contributed by atoms with Gasteiger partial charge in [0.1, 0.15) is 12.4 Å². The van der Waals surface area contributed by atoms with Crippen LogP contribution in [0.25, 0.3) is 6.08 Å². The van der Waals surface area contributed by atoms with E-state index >= 15 is 0 Å². The molecule has 38 heavy (non-hydrogen) atoms. The van der Waals surface area contributed by atoms with Crippen LogP contribution in [0.15, 0.2) is 46.3 Å². The lowest BCUT2D eigenvalue weighted by Crippen LogP contribution is -2.41. The summed E-state index contributed by atoms with van der Waals surface area (Å²) < 4.78 is 8.11. The van der Waals surface area contributed by atoms with Gasteiger partial charge in [0.15, 0.2) is 5.17 Å². The summed E-state index contributed by atoms with van der Waals surface area (Å²) in [4.78, 5) is 21.7. The lowest BCUT2D eigenvalue weighted by molar-refractivity contribution is -0.124. The molecule has 2 aromatic rings. The monoisotopic (exact) mass is 751 g/mol. The van der Waals surface area contributed by atoms with Gasteiger partial charge in [-0.1, -0.05) is 56.7 Å². The van der Waals surface area contributed by atoms with Crippen molar-refractivity contribution in [1.82, 2.24) is 4.90 Å². The number of aliphatic imine (C=N–C) groups is 1. The molecule has 2 saturated carbocycles. The van der Waals surface area contributed by atoms with E-state index in [4.69, 9.17) is 9.73 Å².